The second kappa shape index (κ2) is 4.19. The third-order valence-electron chi connectivity index (χ3n) is 2.63. The van der Waals surface area contributed by atoms with E-state index in [0.29, 0.717) is 6.42 Å². The van der Waals surface area contributed by atoms with Crippen LogP contribution in [0.1, 0.15) is 24.0 Å². The van der Waals surface area contributed by atoms with E-state index in [4.69, 9.17) is 5.11 Å². The fourth-order valence-electron chi connectivity index (χ4n) is 1.88. The lowest BCUT2D eigenvalue weighted by Gasteiger charge is -2.05. The quantitative estimate of drug-likeness (QED) is 0.912. The number of hydrogen-bond acceptors (Lipinski definition) is 1. The Hall–Kier alpha value is -1.09. The van der Waals surface area contributed by atoms with Crippen LogP contribution in [0.5, 0.6) is 0 Å². The van der Waals surface area contributed by atoms with Crippen LogP contribution in [-0.4, -0.2) is 11.1 Å². The van der Waals surface area contributed by atoms with Gasteiger partial charge in [-0.15, -0.1) is 0 Å². The van der Waals surface area contributed by atoms with Crippen molar-refractivity contribution in [2.75, 3.05) is 0 Å². The number of carboxylic acids is 1. The lowest BCUT2D eigenvalue weighted by Crippen LogP contribution is -1.95. The lowest BCUT2D eigenvalue weighted by atomic mass is 10.0. The number of carbonyl (C=O) groups is 1. The van der Waals surface area contributed by atoms with Crippen molar-refractivity contribution < 1.29 is 9.90 Å². The molecule has 0 amide bonds. The largest absolute Gasteiger partial charge is 0.481 e. The number of allylic oxidation sites excluding steroid dienone is 2. The molecule has 0 spiro atoms. The summed E-state index contributed by atoms with van der Waals surface area (Å²) in [6.45, 7) is 0. The SMILES string of the molecule is O=C(O)CCC1=CCc2c(Br)cccc21. The van der Waals surface area contributed by atoms with Crippen LogP contribution >= 0.6 is 15.9 Å². The van der Waals surface area contributed by atoms with E-state index in [1.165, 1.54) is 11.1 Å². The molecule has 0 heterocycles. The van der Waals surface area contributed by atoms with Crippen molar-refractivity contribution in [3.8, 4) is 0 Å². The minimum atomic E-state index is -0.737. The number of carboxylic acid groups (broad SMARTS) is 1. The van der Waals surface area contributed by atoms with Crippen LogP contribution in [0.15, 0.2) is 28.7 Å². The zero-order valence-electron chi connectivity index (χ0n) is 8.16. The molecule has 0 aromatic heterocycles. The molecule has 0 atom stereocenters. The zero-order chi connectivity index (χ0) is 10.8. The van der Waals surface area contributed by atoms with Crippen molar-refractivity contribution in [1.82, 2.24) is 0 Å². The second-order valence-corrected chi connectivity index (χ2v) is 4.45. The van der Waals surface area contributed by atoms with Gasteiger partial charge in [0.15, 0.2) is 0 Å². The molecule has 1 aromatic carbocycles. The molecule has 0 unspecified atom stereocenters. The number of rotatable bonds is 3. The molecular formula is C12H11BrO2. The standard InChI is InChI=1S/C12H11BrO2/c13-11-3-1-2-9-8(4-6-10(9)11)5-7-12(14)15/h1-4H,5-7H2,(H,14,15). The molecule has 0 fully saturated rings. The van der Waals surface area contributed by atoms with Crippen molar-refractivity contribution in [2.45, 2.75) is 19.3 Å². The van der Waals surface area contributed by atoms with Crippen molar-refractivity contribution in [2.24, 2.45) is 0 Å². The van der Waals surface area contributed by atoms with Gasteiger partial charge in [-0.3, -0.25) is 4.79 Å². The minimum absolute atomic E-state index is 0.206. The van der Waals surface area contributed by atoms with E-state index < -0.39 is 5.97 Å². The molecule has 0 saturated heterocycles. The van der Waals surface area contributed by atoms with Gasteiger partial charge in [0.05, 0.1) is 0 Å². The van der Waals surface area contributed by atoms with E-state index >= 15 is 0 Å². The average molecular weight is 267 g/mol. The first-order valence-corrected chi connectivity index (χ1v) is 5.66. The van der Waals surface area contributed by atoms with E-state index in [-0.39, 0.29) is 6.42 Å². The topological polar surface area (TPSA) is 37.3 Å². The van der Waals surface area contributed by atoms with Crippen molar-refractivity contribution >= 4 is 27.5 Å². The predicted octanol–water partition coefficient (Wildman–Crippen LogP) is 3.25. The van der Waals surface area contributed by atoms with Gasteiger partial charge in [0, 0.05) is 10.9 Å². The third kappa shape index (κ3) is 2.12. The average Bonchev–Trinajstić information content (AvgIpc) is 2.59. The van der Waals surface area contributed by atoms with Crippen LogP contribution < -0.4 is 0 Å². The summed E-state index contributed by atoms with van der Waals surface area (Å²) in [5.74, 6) is -0.737. The first kappa shape index (κ1) is 10.4. The number of fused-ring (bicyclic) bond motifs is 1. The molecule has 15 heavy (non-hydrogen) atoms. The van der Waals surface area contributed by atoms with Crippen molar-refractivity contribution in [1.29, 1.82) is 0 Å². The summed E-state index contributed by atoms with van der Waals surface area (Å²) in [5.41, 5.74) is 3.64. The van der Waals surface area contributed by atoms with Crippen LogP contribution in [0.2, 0.25) is 0 Å². The normalized spacial score (nSPS) is 13.5. The highest BCUT2D eigenvalue weighted by atomic mass is 79.9. The summed E-state index contributed by atoms with van der Waals surface area (Å²) >= 11 is 3.51. The highest BCUT2D eigenvalue weighted by Gasteiger charge is 2.16. The Balaban J connectivity index is 2.20. The van der Waals surface area contributed by atoms with Gasteiger partial charge in [-0.25, -0.2) is 0 Å². The lowest BCUT2D eigenvalue weighted by molar-refractivity contribution is -0.136. The number of halogens is 1. The van der Waals surface area contributed by atoms with Gasteiger partial charge in [-0.2, -0.15) is 0 Å². The van der Waals surface area contributed by atoms with Gasteiger partial charge in [-0.1, -0.05) is 34.1 Å². The molecule has 0 saturated carbocycles. The highest BCUT2D eigenvalue weighted by molar-refractivity contribution is 9.10. The Morgan fingerprint density at radius 2 is 2.27 bits per heavy atom. The van der Waals surface area contributed by atoms with E-state index in [1.807, 2.05) is 12.1 Å². The fraction of sp³-hybridized carbons (Fsp3) is 0.250. The van der Waals surface area contributed by atoms with Crippen molar-refractivity contribution in [3.05, 3.63) is 39.9 Å². The summed E-state index contributed by atoms with van der Waals surface area (Å²) in [4.78, 5) is 10.5. The maximum atomic E-state index is 10.5. The Morgan fingerprint density at radius 3 is 3.00 bits per heavy atom. The number of aliphatic carboxylic acids is 1. The molecule has 0 radical (unpaired) electrons. The van der Waals surface area contributed by atoms with Gasteiger partial charge in [-0.05, 0) is 35.6 Å². The van der Waals surface area contributed by atoms with Crippen LogP contribution in [0, 0.1) is 0 Å². The summed E-state index contributed by atoms with van der Waals surface area (Å²) in [6, 6.07) is 6.07. The molecule has 78 valence electrons. The van der Waals surface area contributed by atoms with Crippen LogP contribution in [0.3, 0.4) is 0 Å². The zero-order valence-corrected chi connectivity index (χ0v) is 9.75. The first-order valence-electron chi connectivity index (χ1n) is 4.87. The first-order chi connectivity index (χ1) is 7.18. The smallest absolute Gasteiger partial charge is 0.303 e. The van der Waals surface area contributed by atoms with Gasteiger partial charge in [0.1, 0.15) is 0 Å². The monoisotopic (exact) mass is 266 g/mol. The number of benzene rings is 1. The van der Waals surface area contributed by atoms with E-state index in [2.05, 4.69) is 28.1 Å². The summed E-state index contributed by atoms with van der Waals surface area (Å²) < 4.78 is 1.11. The Kier molecular flexibility index (Phi) is 2.91. The molecule has 0 bridgehead atoms. The summed E-state index contributed by atoms with van der Waals surface area (Å²) in [7, 11) is 0. The summed E-state index contributed by atoms with van der Waals surface area (Å²) in [6.07, 6.45) is 3.86. The van der Waals surface area contributed by atoms with E-state index in [0.717, 1.165) is 16.5 Å². The van der Waals surface area contributed by atoms with Crippen molar-refractivity contribution in [3.63, 3.8) is 0 Å². The van der Waals surface area contributed by atoms with Crippen LogP contribution in [-0.2, 0) is 11.2 Å². The molecule has 2 nitrogen and oxygen atoms in total. The minimum Gasteiger partial charge on any atom is -0.481 e. The predicted molar refractivity (Wildman–Crippen MR) is 62.7 cm³/mol. The summed E-state index contributed by atoms with van der Waals surface area (Å²) in [5, 5.41) is 8.64. The van der Waals surface area contributed by atoms with Gasteiger partial charge in [0.25, 0.3) is 0 Å². The van der Waals surface area contributed by atoms with E-state index in [9.17, 15) is 4.79 Å². The second-order valence-electron chi connectivity index (χ2n) is 3.59. The Labute approximate surface area is 96.7 Å². The molecule has 1 aliphatic rings. The maximum Gasteiger partial charge on any atom is 0.303 e. The van der Waals surface area contributed by atoms with Gasteiger partial charge < -0.3 is 5.11 Å². The van der Waals surface area contributed by atoms with Crippen LogP contribution in [0.4, 0.5) is 0 Å². The molecule has 1 aliphatic carbocycles. The fourth-order valence-corrected chi connectivity index (χ4v) is 2.41. The van der Waals surface area contributed by atoms with Gasteiger partial charge >= 0.3 is 5.97 Å². The molecule has 1 aromatic rings. The Bertz CT molecular complexity index is 435. The maximum absolute atomic E-state index is 10.5. The molecular weight excluding hydrogens is 256 g/mol. The van der Waals surface area contributed by atoms with Crippen LogP contribution in [0.25, 0.3) is 5.57 Å². The Morgan fingerprint density at radius 1 is 1.47 bits per heavy atom. The molecule has 1 N–H and O–H groups in total. The highest BCUT2D eigenvalue weighted by Crippen LogP contribution is 2.34. The van der Waals surface area contributed by atoms with E-state index in [1.54, 1.807) is 0 Å². The van der Waals surface area contributed by atoms with Gasteiger partial charge in [0.2, 0.25) is 0 Å². The molecule has 0 aliphatic heterocycles. The molecule has 2 rings (SSSR count). The molecule has 3 heteroatoms. The number of hydrogen-bond donors (Lipinski definition) is 1. The third-order valence-corrected chi connectivity index (χ3v) is 3.37.